The van der Waals surface area contributed by atoms with Crippen LogP contribution < -0.4 is 10.6 Å². The van der Waals surface area contributed by atoms with E-state index in [4.69, 9.17) is 14.6 Å². The molecule has 0 bridgehead atoms. The number of amides is 2. The Labute approximate surface area is 312 Å². The van der Waals surface area contributed by atoms with Gasteiger partial charge in [-0.25, -0.2) is 26.3 Å². The number of nitrogens with one attached hydrogen (secondary N) is 2. The SMILES string of the molecule is C.C[C@@H](CNC(=O)[C@@H](O)C(C)(C)CO)CC(=O)c1cc(F)c(F)cc1F.C[C@@H](CNC(=O)[C@H]1OC(C)(C)OCC1(C)C)CC(=O)c1cc(F)c(F)cc1F. The van der Waals surface area contributed by atoms with E-state index in [0.717, 1.165) is 0 Å². The molecule has 1 aliphatic rings. The maximum Gasteiger partial charge on any atom is 0.249 e. The number of aliphatic hydroxyl groups is 2. The van der Waals surface area contributed by atoms with Crippen LogP contribution in [-0.2, 0) is 19.1 Å². The minimum absolute atomic E-state index is 0. The van der Waals surface area contributed by atoms with Gasteiger partial charge in [0.25, 0.3) is 0 Å². The summed E-state index contributed by atoms with van der Waals surface area (Å²) in [7, 11) is 0. The molecule has 3 rings (SSSR count). The minimum Gasteiger partial charge on any atom is -0.396 e. The standard InChI is InChI=1S/C20H26F3NO4.C17H22F3NO4.CH4/c1-11(6-16(25)12-7-14(22)15(23)8-13(12)21)9-24-18(26)17-19(2,3)10-27-20(4,5)28-17;1-9(7-21-16(25)15(24)17(2,3)8-22)4-14(23)10-5-12(19)13(20)6-11(10)18;/h7-8,11,17H,6,9-10H2,1-5H3,(H,24,26);5-6,9,15,22,24H,4,7-8H2,1-3H3,(H,21,25);1H4/t11-,17-;9-,15-;/m11./s1. The van der Waals surface area contributed by atoms with Crippen LogP contribution in [0.3, 0.4) is 0 Å². The summed E-state index contributed by atoms with van der Waals surface area (Å²) in [4.78, 5) is 48.6. The average Bonchev–Trinajstić information content (AvgIpc) is 3.06. The van der Waals surface area contributed by atoms with Crippen molar-refractivity contribution < 1.29 is 65.2 Å². The topological polar surface area (TPSA) is 151 Å². The van der Waals surface area contributed by atoms with Crippen molar-refractivity contribution >= 4 is 23.4 Å². The van der Waals surface area contributed by atoms with E-state index in [9.17, 15) is 50.6 Å². The number of ether oxygens (including phenoxy) is 2. The van der Waals surface area contributed by atoms with Crippen molar-refractivity contribution in [2.45, 2.75) is 93.7 Å². The third-order valence-corrected chi connectivity index (χ3v) is 8.48. The highest BCUT2D eigenvalue weighted by atomic mass is 19.2. The van der Waals surface area contributed by atoms with Gasteiger partial charge in [-0.15, -0.1) is 0 Å². The molecule has 0 saturated carbocycles. The lowest BCUT2D eigenvalue weighted by Crippen LogP contribution is -2.56. The maximum atomic E-state index is 13.7. The highest BCUT2D eigenvalue weighted by Crippen LogP contribution is 2.35. The van der Waals surface area contributed by atoms with Crippen molar-refractivity contribution in [1.29, 1.82) is 0 Å². The first-order chi connectivity index (χ1) is 24.3. The van der Waals surface area contributed by atoms with Crippen molar-refractivity contribution in [1.82, 2.24) is 10.6 Å². The van der Waals surface area contributed by atoms with Crippen LogP contribution in [0.1, 0.15) is 96.4 Å². The highest BCUT2D eigenvalue weighted by molar-refractivity contribution is 5.97. The van der Waals surface area contributed by atoms with Crippen LogP contribution in [0.5, 0.6) is 0 Å². The number of carbonyl (C=O) groups is 4. The highest BCUT2D eigenvalue weighted by Gasteiger charge is 2.45. The third-order valence-electron chi connectivity index (χ3n) is 8.48. The zero-order chi connectivity index (χ0) is 40.6. The Kier molecular flexibility index (Phi) is 17.5. The van der Waals surface area contributed by atoms with E-state index in [2.05, 4.69) is 10.6 Å². The molecule has 1 saturated heterocycles. The summed E-state index contributed by atoms with van der Waals surface area (Å²) in [6, 6.07) is 1.72. The molecule has 10 nitrogen and oxygen atoms in total. The molecule has 0 aromatic heterocycles. The minimum atomic E-state index is -1.44. The van der Waals surface area contributed by atoms with Gasteiger partial charge in [0.2, 0.25) is 11.8 Å². The van der Waals surface area contributed by atoms with E-state index in [1.807, 2.05) is 13.8 Å². The van der Waals surface area contributed by atoms with E-state index in [1.165, 1.54) is 13.8 Å². The summed E-state index contributed by atoms with van der Waals surface area (Å²) in [5.74, 6) is -11.7. The summed E-state index contributed by atoms with van der Waals surface area (Å²) >= 11 is 0. The maximum absolute atomic E-state index is 13.7. The molecule has 304 valence electrons. The van der Waals surface area contributed by atoms with Gasteiger partial charge in [-0.1, -0.05) is 49.0 Å². The molecule has 54 heavy (non-hydrogen) atoms. The lowest BCUT2D eigenvalue weighted by atomic mass is 9.85. The predicted octanol–water partition coefficient (Wildman–Crippen LogP) is 6.05. The summed E-state index contributed by atoms with van der Waals surface area (Å²) in [5, 5.41) is 24.1. The van der Waals surface area contributed by atoms with Gasteiger partial charge in [-0.05, 0) is 37.8 Å². The summed E-state index contributed by atoms with van der Waals surface area (Å²) < 4.78 is 90.9. The smallest absolute Gasteiger partial charge is 0.249 e. The monoisotopic (exact) mass is 778 g/mol. The van der Waals surface area contributed by atoms with Crippen LogP contribution in [0.25, 0.3) is 0 Å². The lowest BCUT2D eigenvalue weighted by Gasteiger charge is -2.44. The van der Waals surface area contributed by atoms with Crippen LogP contribution >= 0.6 is 0 Å². The largest absolute Gasteiger partial charge is 0.396 e. The molecular weight excluding hydrogens is 726 g/mol. The van der Waals surface area contributed by atoms with Crippen LogP contribution in [0.4, 0.5) is 26.3 Å². The van der Waals surface area contributed by atoms with Gasteiger partial charge >= 0.3 is 0 Å². The number of aliphatic hydroxyl groups excluding tert-OH is 2. The zero-order valence-corrected chi connectivity index (χ0v) is 31.0. The number of Topliss-reactive ketones (excluding diaryl/α,β-unsaturated/α-hetero) is 2. The molecule has 4 atom stereocenters. The molecule has 2 aromatic rings. The van der Waals surface area contributed by atoms with Crippen molar-refractivity contribution in [3.05, 3.63) is 70.3 Å². The average molecular weight is 779 g/mol. The molecule has 4 N–H and O–H groups in total. The zero-order valence-electron chi connectivity index (χ0n) is 31.0. The molecule has 0 radical (unpaired) electrons. The van der Waals surface area contributed by atoms with Crippen LogP contribution in [-0.4, -0.2) is 77.9 Å². The number of rotatable bonds is 14. The Morgan fingerprint density at radius 1 is 0.778 bits per heavy atom. The Morgan fingerprint density at radius 3 is 1.61 bits per heavy atom. The first kappa shape index (κ1) is 48.2. The Hall–Kier alpha value is -3.86. The lowest BCUT2D eigenvalue weighted by molar-refractivity contribution is -0.304. The molecule has 1 aliphatic heterocycles. The van der Waals surface area contributed by atoms with Gasteiger partial charge < -0.3 is 30.3 Å². The normalized spacial score (nSPS) is 17.8. The van der Waals surface area contributed by atoms with Gasteiger partial charge in [0, 0.05) is 48.9 Å². The van der Waals surface area contributed by atoms with Gasteiger partial charge in [-0.3, -0.25) is 19.2 Å². The predicted molar refractivity (Wildman–Crippen MR) is 187 cm³/mol. The number of carbonyl (C=O) groups excluding carboxylic acids is 4. The molecule has 1 heterocycles. The molecule has 0 spiro atoms. The molecule has 2 amide bonds. The van der Waals surface area contributed by atoms with E-state index < -0.39 is 105 Å². The van der Waals surface area contributed by atoms with Crippen molar-refractivity contribution in [2.24, 2.45) is 22.7 Å². The molecule has 2 aromatic carbocycles. The van der Waals surface area contributed by atoms with E-state index >= 15 is 0 Å². The number of hydrogen-bond donors (Lipinski definition) is 4. The van der Waals surface area contributed by atoms with Crippen LogP contribution in [0, 0.1) is 57.6 Å². The Bertz CT molecular complexity index is 1650. The van der Waals surface area contributed by atoms with E-state index in [-0.39, 0.29) is 45.2 Å². The van der Waals surface area contributed by atoms with Gasteiger partial charge in [0.1, 0.15) is 23.8 Å². The van der Waals surface area contributed by atoms with Crippen molar-refractivity contribution in [3.63, 3.8) is 0 Å². The second-order valence-electron chi connectivity index (χ2n) is 15.2. The fourth-order valence-electron chi connectivity index (χ4n) is 4.97. The Morgan fingerprint density at radius 2 is 1.19 bits per heavy atom. The van der Waals surface area contributed by atoms with Crippen LogP contribution in [0.15, 0.2) is 24.3 Å². The summed E-state index contributed by atoms with van der Waals surface area (Å²) in [6.45, 7) is 13.6. The number of benzene rings is 2. The number of halogens is 6. The number of hydrogen-bond acceptors (Lipinski definition) is 8. The van der Waals surface area contributed by atoms with Crippen LogP contribution in [0.2, 0.25) is 0 Å². The quantitative estimate of drug-likeness (QED) is 0.103. The van der Waals surface area contributed by atoms with E-state index in [1.54, 1.807) is 27.7 Å². The third kappa shape index (κ3) is 13.5. The second kappa shape index (κ2) is 19.6. The molecule has 16 heteroatoms. The van der Waals surface area contributed by atoms with Gasteiger partial charge in [0.15, 0.2) is 40.6 Å². The summed E-state index contributed by atoms with van der Waals surface area (Å²) in [5.41, 5.74) is -2.63. The van der Waals surface area contributed by atoms with Crippen molar-refractivity contribution in [3.8, 4) is 0 Å². The molecule has 1 fully saturated rings. The first-order valence-electron chi connectivity index (χ1n) is 16.8. The number of ketones is 2. The molecule has 0 aliphatic carbocycles. The Balaban J connectivity index is 0.000000534. The molecule has 0 unspecified atom stereocenters. The van der Waals surface area contributed by atoms with Gasteiger partial charge in [0.05, 0.1) is 24.3 Å². The second-order valence-corrected chi connectivity index (χ2v) is 15.2. The first-order valence-corrected chi connectivity index (χ1v) is 16.8. The molecular formula is C38H52F6N2O8. The fraction of sp³-hybridized carbons (Fsp3) is 0.579. The van der Waals surface area contributed by atoms with Crippen molar-refractivity contribution in [2.75, 3.05) is 26.3 Å². The van der Waals surface area contributed by atoms with E-state index in [0.29, 0.717) is 30.9 Å². The summed E-state index contributed by atoms with van der Waals surface area (Å²) in [6.07, 6.45) is -2.51. The van der Waals surface area contributed by atoms with Gasteiger partial charge in [-0.2, -0.15) is 0 Å². The fourth-order valence-corrected chi connectivity index (χ4v) is 4.97.